The zero-order valence-electron chi connectivity index (χ0n) is 23.3. The number of primary amides is 1. The van der Waals surface area contributed by atoms with Gasteiger partial charge < -0.3 is 16.6 Å². The Morgan fingerprint density at radius 3 is 2.58 bits per heavy atom. The highest BCUT2D eigenvalue weighted by Crippen LogP contribution is 2.33. The van der Waals surface area contributed by atoms with E-state index in [1.54, 1.807) is 24.0 Å². The summed E-state index contributed by atoms with van der Waals surface area (Å²) in [6.45, 7) is 1.63. The van der Waals surface area contributed by atoms with E-state index in [1.165, 1.54) is 29.7 Å². The number of carbonyl (C=O) groups excluding carboxylic acids is 2. The Hall–Kier alpha value is -5.84. The Morgan fingerprint density at radius 1 is 1.00 bits per heavy atom. The number of rotatable bonds is 5. The minimum absolute atomic E-state index is 0.0689. The summed E-state index contributed by atoms with van der Waals surface area (Å²) in [5.41, 5.74) is 18.3. The van der Waals surface area contributed by atoms with Crippen molar-refractivity contribution in [2.45, 2.75) is 26.2 Å². The summed E-state index contributed by atoms with van der Waals surface area (Å²) in [5, 5.41) is 13.5. The normalized spacial score (nSPS) is 12.0. The molecule has 0 spiro atoms. The highest BCUT2D eigenvalue weighted by atomic mass is 16.3. The van der Waals surface area contributed by atoms with Crippen LogP contribution in [0.1, 0.15) is 43.8 Å². The molecule has 0 aliphatic heterocycles. The van der Waals surface area contributed by atoms with Crippen LogP contribution < -0.4 is 11.5 Å². The van der Waals surface area contributed by atoms with E-state index in [-0.39, 0.29) is 16.9 Å². The molecule has 1 aliphatic rings. The third kappa shape index (κ3) is 5.19. The molecule has 214 valence electrons. The Labute approximate surface area is 246 Å². The maximum absolute atomic E-state index is 10.8. The number of phenols is 1. The number of aromatic nitrogens is 6. The topological polar surface area (TPSA) is 168 Å². The molecule has 4 aromatic heterocycles. The molecule has 0 radical (unpaired) electrons. The summed E-state index contributed by atoms with van der Waals surface area (Å²) in [7, 11) is 0. The van der Waals surface area contributed by atoms with Gasteiger partial charge in [-0.05, 0) is 97.5 Å². The summed E-state index contributed by atoms with van der Waals surface area (Å²) in [4.78, 5) is 35.3. The first-order valence-electron chi connectivity index (χ1n) is 13.6. The number of aromatic hydroxyl groups is 1. The zero-order valence-corrected chi connectivity index (χ0v) is 23.3. The summed E-state index contributed by atoms with van der Waals surface area (Å²) < 4.78 is 3.83. The minimum Gasteiger partial charge on any atom is -0.507 e. The van der Waals surface area contributed by atoms with Crippen LogP contribution in [0.2, 0.25) is 0 Å². The molecular formula is C32H28N8O3. The molecule has 43 heavy (non-hydrogen) atoms. The molecule has 1 amide bonds. The summed E-state index contributed by atoms with van der Waals surface area (Å²) >= 11 is 0. The van der Waals surface area contributed by atoms with Gasteiger partial charge in [-0.1, -0.05) is 6.07 Å². The van der Waals surface area contributed by atoms with E-state index in [9.17, 15) is 14.7 Å². The zero-order chi connectivity index (χ0) is 30.1. The van der Waals surface area contributed by atoms with Crippen LogP contribution in [0.4, 0.5) is 5.82 Å². The molecule has 0 bridgehead atoms. The van der Waals surface area contributed by atoms with Gasteiger partial charge in [-0.25, -0.2) is 19.6 Å². The van der Waals surface area contributed by atoms with E-state index in [2.05, 4.69) is 32.8 Å². The molecule has 0 atom stereocenters. The molecule has 11 nitrogen and oxygen atoms in total. The van der Waals surface area contributed by atoms with Gasteiger partial charge in [-0.2, -0.15) is 5.10 Å². The number of hydrogen-bond acceptors (Lipinski definition) is 8. The summed E-state index contributed by atoms with van der Waals surface area (Å²) in [5.74, 6) is 1.17. The molecule has 6 aromatic rings. The largest absolute Gasteiger partial charge is 0.507 e. The quantitative estimate of drug-likeness (QED) is 0.256. The molecule has 0 fully saturated rings. The third-order valence-electron chi connectivity index (χ3n) is 7.41. The number of pyridine rings is 2. The van der Waals surface area contributed by atoms with Gasteiger partial charge in [0.1, 0.15) is 17.1 Å². The number of nitrogen functional groups attached to an aromatic ring is 1. The lowest BCUT2D eigenvalue weighted by molar-refractivity contribution is 0.0999. The van der Waals surface area contributed by atoms with Crippen LogP contribution >= 0.6 is 0 Å². The first kappa shape index (κ1) is 27.3. The fraction of sp³-hybridized carbons (Fsp3) is 0.125. The monoisotopic (exact) mass is 572 g/mol. The van der Waals surface area contributed by atoms with Crippen molar-refractivity contribution in [3.63, 3.8) is 0 Å². The van der Waals surface area contributed by atoms with E-state index >= 15 is 0 Å². The summed E-state index contributed by atoms with van der Waals surface area (Å²) in [6, 6.07) is 18.8. The van der Waals surface area contributed by atoms with Crippen molar-refractivity contribution in [2.24, 2.45) is 5.73 Å². The number of carbonyl (C=O) groups is 2. The molecule has 2 aromatic carbocycles. The van der Waals surface area contributed by atoms with Crippen LogP contribution in [0.3, 0.4) is 0 Å². The first-order chi connectivity index (χ1) is 20.8. The Kier molecular flexibility index (Phi) is 7.12. The molecule has 7 rings (SSSR count). The van der Waals surface area contributed by atoms with Crippen LogP contribution in [0.25, 0.3) is 34.1 Å². The second kappa shape index (κ2) is 11.2. The van der Waals surface area contributed by atoms with Crippen molar-refractivity contribution < 1.29 is 14.7 Å². The number of anilines is 1. The lowest BCUT2D eigenvalue weighted by Gasteiger charge is -2.12. The van der Waals surface area contributed by atoms with Crippen LogP contribution in [-0.4, -0.2) is 46.6 Å². The Bertz CT molecular complexity index is 2000. The molecule has 4 heterocycles. The van der Waals surface area contributed by atoms with Crippen molar-refractivity contribution in [1.29, 1.82) is 0 Å². The molecular weight excluding hydrogens is 544 g/mol. The molecule has 0 unspecified atom stereocenters. The van der Waals surface area contributed by atoms with Gasteiger partial charge in [0.15, 0.2) is 23.6 Å². The van der Waals surface area contributed by atoms with Crippen LogP contribution in [0.5, 0.6) is 5.75 Å². The lowest BCUT2D eigenvalue weighted by atomic mass is 10.0. The third-order valence-corrected chi connectivity index (χ3v) is 7.41. The number of nitrogens with two attached hydrogens (primary N) is 2. The van der Waals surface area contributed by atoms with Gasteiger partial charge in [0.2, 0.25) is 5.91 Å². The number of benzene rings is 2. The molecule has 0 saturated heterocycles. The van der Waals surface area contributed by atoms with Crippen LogP contribution in [-0.2, 0) is 12.8 Å². The number of fused-ring (bicyclic) bond motifs is 2. The minimum atomic E-state index is -0.611. The molecule has 11 heteroatoms. The highest BCUT2D eigenvalue weighted by Gasteiger charge is 2.20. The number of aryl methyl sites for hydroxylation is 3. The second-order valence-electron chi connectivity index (χ2n) is 10.2. The number of phenolic OH excluding ortho intramolecular Hbond substituents is 1. The smallest absolute Gasteiger partial charge is 0.248 e. The van der Waals surface area contributed by atoms with Gasteiger partial charge >= 0.3 is 0 Å². The number of aldehydes is 1. The van der Waals surface area contributed by atoms with Crippen molar-refractivity contribution >= 4 is 29.2 Å². The number of hydrogen-bond donors (Lipinski definition) is 3. The van der Waals surface area contributed by atoms with Crippen molar-refractivity contribution in [3.8, 4) is 28.6 Å². The average molecular weight is 573 g/mol. The van der Waals surface area contributed by atoms with E-state index < -0.39 is 5.91 Å². The molecule has 1 aliphatic carbocycles. The predicted molar refractivity (Wildman–Crippen MR) is 162 cm³/mol. The Balaban J connectivity index is 0.000000214. The van der Waals surface area contributed by atoms with Crippen molar-refractivity contribution in [2.75, 3.05) is 5.73 Å². The van der Waals surface area contributed by atoms with E-state index in [1.807, 2.05) is 36.5 Å². The number of amides is 1. The van der Waals surface area contributed by atoms with Gasteiger partial charge in [0.05, 0.1) is 11.1 Å². The SMILES string of the molecule is Cc1cc(O)c(C=O)cc1C(N)=O.Nc1ncccc1-c1nc2ccc(-n3cccn3)nc2n1-c1ccc2c(c1)CCC2. The van der Waals surface area contributed by atoms with Gasteiger partial charge in [-0.15, -0.1) is 0 Å². The molecule has 5 N–H and O–H groups in total. The van der Waals surface area contributed by atoms with Gasteiger partial charge in [0.25, 0.3) is 0 Å². The van der Waals surface area contributed by atoms with Gasteiger partial charge in [-0.3, -0.25) is 14.2 Å². The Morgan fingerprint density at radius 2 is 1.84 bits per heavy atom. The van der Waals surface area contributed by atoms with Gasteiger partial charge in [0, 0.05) is 29.8 Å². The summed E-state index contributed by atoms with van der Waals surface area (Å²) in [6.07, 6.45) is 9.23. The van der Waals surface area contributed by atoms with Crippen LogP contribution in [0.15, 0.2) is 79.3 Å². The van der Waals surface area contributed by atoms with Crippen LogP contribution in [0, 0.1) is 6.92 Å². The first-order valence-corrected chi connectivity index (χ1v) is 13.6. The lowest BCUT2D eigenvalue weighted by Crippen LogP contribution is -2.13. The fourth-order valence-electron chi connectivity index (χ4n) is 5.28. The maximum atomic E-state index is 10.8. The fourth-order valence-corrected chi connectivity index (χ4v) is 5.28. The number of imidazole rings is 1. The number of nitrogens with zero attached hydrogens (tertiary/aromatic N) is 6. The van der Waals surface area contributed by atoms with Crippen molar-refractivity contribution in [1.82, 2.24) is 29.3 Å². The second-order valence-corrected chi connectivity index (χ2v) is 10.2. The molecule has 0 saturated carbocycles. The highest BCUT2D eigenvalue weighted by molar-refractivity contribution is 5.96. The maximum Gasteiger partial charge on any atom is 0.248 e. The van der Waals surface area contributed by atoms with E-state index in [0.29, 0.717) is 17.7 Å². The van der Waals surface area contributed by atoms with E-state index in [0.717, 1.165) is 46.9 Å². The van der Waals surface area contributed by atoms with Crippen molar-refractivity contribution in [3.05, 3.63) is 107 Å². The predicted octanol–water partition coefficient (Wildman–Crippen LogP) is 4.35. The average Bonchev–Trinajstić information content (AvgIpc) is 3.77. The standard InChI is InChI=1S/C23H19N7.C9H9NO3/c24-21-18(6-2-11-25-21)22-27-19-9-10-20(29-13-3-12-26-29)28-23(19)30(22)17-8-7-15-4-1-5-16(15)14-17;1-5-2-8(12)6(4-11)3-7(5)9(10)13/h2-3,6-14H,1,4-5H2,(H2,24,25);2-4,12H,1H3,(H2,10,13). The van der Waals surface area contributed by atoms with E-state index in [4.69, 9.17) is 21.4 Å².